The largest absolute Gasteiger partial charge is 0.447 e. The van der Waals surface area contributed by atoms with E-state index in [1.54, 1.807) is 42.8 Å². The number of hydrogen-bond donors (Lipinski definition) is 2. The first-order chi connectivity index (χ1) is 15.3. The molecule has 4 rings (SSSR count). The third-order valence-corrected chi connectivity index (χ3v) is 5.43. The second-order valence-electron chi connectivity index (χ2n) is 7.01. The quantitative estimate of drug-likeness (QED) is 0.401. The van der Waals surface area contributed by atoms with E-state index >= 15 is 0 Å². The van der Waals surface area contributed by atoms with Crippen molar-refractivity contribution in [3.05, 3.63) is 64.0 Å². The van der Waals surface area contributed by atoms with Gasteiger partial charge in [0, 0.05) is 23.6 Å². The van der Waals surface area contributed by atoms with Crippen LogP contribution < -0.4 is 10.6 Å². The molecule has 0 bridgehead atoms. The molecule has 8 nitrogen and oxygen atoms in total. The lowest BCUT2D eigenvalue weighted by molar-refractivity contribution is 0.103. The molecule has 0 spiro atoms. The minimum absolute atomic E-state index is 0.186. The molecule has 2 N–H and O–H groups in total. The average molecular weight is 474 g/mol. The summed E-state index contributed by atoms with van der Waals surface area (Å²) in [6.07, 6.45) is 3.71. The number of carbonyl (C=O) groups is 2. The van der Waals surface area contributed by atoms with Gasteiger partial charge >= 0.3 is 6.09 Å². The van der Waals surface area contributed by atoms with Crippen LogP contribution in [0.4, 0.5) is 20.6 Å². The number of halogens is 2. The van der Waals surface area contributed by atoms with Gasteiger partial charge in [-0.3, -0.25) is 14.5 Å². The molecule has 0 aliphatic rings. The number of fused-ring (bicyclic) bond motifs is 1. The van der Waals surface area contributed by atoms with Gasteiger partial charge in [0.2, 0.25) is 5.78 Å². The lowest BCUT2D eigenvalue weighted by Gasteiger charge is -2.09. The normalized spacial score (nSPS) is 11.0. The van der Waals surface area contributed by atoms with E-state index in [4.69, 9.17) is 16.3 Å². The van der Waals surface area contributed by atoms with Crippen molar-refractivity contribution in [3.8, 4) is 11.3 Å². The number of hydrogen-bond acceptors (Lipinski definition) is 6. The highest BCUT2D eigenvalue weighted by molar-refractivity contribution is 7.18. The lowest BCUT2D eigenvalue weighted by atomic mass is 10.1. The fraction of sp³-hybridized carbons (Fsp3) is 0.143. The summed E-state index contributed by atoms with van der Waals surface area (Å²) in [5, 5.41) is 5.30. The fourth-order valence-corrected chi connectivity index (χ4v) is 3.81. The van der Waals surface area contributed by atoms with Crippen LogP contribution in [0.15, 0.2) is 48.9 Å². The van der Waals surface area contributed by atoms with Crippen LogP contribution in [0.2, 0.25) is 4.34 Å². The van der Waals surface area contributed by atoms with Gasteiger partial charge in [-0.2, -0.15) is 0 Å². The number of imidazole rings is 1. The zero-order valence-electron chi connectivity index (χ0n) is 16.9. The molecule has 0 fully saturated rings. The van der Waals surface area contributed by atoms with E-state index in [9.17, 15) is 14.0 Å². The van der Waals surface area contributed by atoms with Crippen molar-refractivity contribution in [1.29, 1.82) is 0 Å². The maximum Gasteiger partial charge on any atom is 0.411 e. The Kier molecular flexibility index (Phi) is 6.06. The number of benzene rings is 1. The number of carbonyl (C=O) groups excluding carboxylic acids is 2. The molecule has 3 aromatic heterocycles. The van der Waals surface area contributed by atoms with Crippen molar-refractivity contribution in [2.75, 3.05) is 10.6 Å². The van der Waals surface area contributed by atoms with E-state index < -0.39 is 11.9 Å². The highest BCUT2D eigenvalue weighted by Gasteiger charge is 2.15. The minimum Gasteiger partial charge on any atom is -0.447 e. The SMILES string of the molecule is CC(C)OC(=O)Nc1cnc2nc(-c3cc(NC(=O)c4ccc(Cl)s4)ccc3F)cn2c1. The van der Waals surface area contributed by atoms with Crippen molar-refractivity contribution in [2.24, 2.45) is 0 Å². The van der Waals surface area contributed by atoms with Crippen molar-refractivity contribution < 1.29 is 18.7 Å². The molecule has 0 atom stereocenters. The molecule has 11 heteroatoms. The van der Waals surface area contributed by atoms with E-state index in [1.165, 1.54) is 24.4 Å². The van der Waals surface area contributed by atoms with E-state index in [0.717, 1.165) is 11.3 Å². The summed E-state index contributed by atoms with van der Waals surface area (Å²) in [7, 11) is 0. The third-order valence-electron chi connectivity index (χ3n) is 4.20. The topological polar surface area (TPSA) is 97.6 Å². The van der Waals surface area contributed by atoms with E-state index in [0.29, 0.717) is 32.1 Å². The monoisotopic (exact) mass is 473 g/mol. The van der Waals surface area contributed by atoms with Crippen LogP contribution in [-0.4, -0.2) is 32.5 Å². The summed E-state index contributed by atoms with van der Waals surface area (Å²) in [4.78, 5) is 33.1. The first kappa shape index (κ1) is 21.7. The Morgan fingerprint density at radius 1 is 1.16 bits per heavy atom. The molecule has 0 aliphatic heterocycles. The summed E-state index contributed by atoms with van der Waals surface area (Å²) in [5.41, 5.74) is 1.29. The van der Waals surface area contributed by atoms with E-state index in [2.05, 4.69) is 20.6 Å². The van der Waals surface area contributed by atoms with Gasteiger partial charge in [-0.25, -0.2) is 19.2 Å². The van der Waals surface area contributed by atoms with Crippen molar-refractivity contribution in [2.45, 2.75) is 20.0 Å². The molecule has 164 valence electrons. The van der Waals surface area contributed by atoms with Crippen molar-refractivity contribution in [3.63, 3.8) is 0 Å². The Balaban J connectivity index is 1.58. The van der Waals surface area contributed by atoms with Gasteiger partial charge in [0.1, 0.15) is 5.82 Å². The highest BCUT2D eigenvalue weighted by Crippen LogP contribution is 2.27. The lowest BCUT2D eigenvalue weighted by Crippen LogP contribution is -2.18. The van der Waals surface area contributed by atoms with Gasteiger partial charge < -0.3 is 10.1 Å². The Morgan fingerprint density at radius 3 is 2.69 bits per heavy atom. The summed E-state index contributed by atoms with van der Waals surface area (Å²) >= 11 is 7.02. The Labute approximate surface area is 191 Å². The van der Waals surface area contributed by atoms with Crippen molar-refractivity contribution in [1.82, 2.24) is 14.4 Å². The predicted molar refractivity (Wildman–Crippen MR) is 121 cm³/mol. The van der Waals surface area contributed by atoms with Crippen molar-refractivity contribution >= 4 is 52.1 Å². The molecule has 2 amide bonds. The summed E-state index contributed by atoms with van der Waals surface area (Å²) in [6, 6.07) is 7.44. The van der Waals surface area contributed by atoms with Crippen LogP contribution in [0.25, 0.3) is 17.0 Å². The number of amides is 2. The smallest absolute Gasteiger partial charge is 0.411 e. The number of aromatic nitrogens is 3. The van der Waals surface area contributed by atoms with Crippen LogP contribution in [0.1, 0.15) is 23.5 Å². The number of anilines is 2. The summed E-state index contributed by atoms with van der Waals surface area (Å²) < 4.78 is 21.6. The number of nitrogens with one attached hydrogen (secondary N) is 2. The Hall–Kier alpha value is -3.50. The van der Waals surface area contributed by atoms with Crippen LogP contribution in [0, 0.1) is 5.82 Å². The molecule has 1 aromatic carbocycles. The highest BCUT2D eigenvalue weighted by atomic mass is 35.5. The molecule has 3 heterocycles. The van der Waals surface area contributed by atoms with Gasteiger partial charge in [-0.05, 0) is 44.2 Å². The van der Waals surface area contributed by atoms with Gasteiger partial charge in [0.15, 0.2) is 0 Å². The minimum atomic E-state index is -0.608. The van der Waals surface area contributed by atoms with E-state index in [-0.39, 0.29) is 17.6 Å². The zero-order chi connectivity index (χ0) is 22.8. The molecule has 0 saturated heterocycles. The van der Waals surface area contributed by atoms with Gasteiger partial charge in [0.25, 0.3) is 5.91 Å². The number of thiophene rings is 1. The summed E-state index contributed by atoms with van der Waals surface area (Å²) in [5.74, 6) is -0.547. The van der Waals surface area contributed by atoms with Gasteiger partial charge in [-0.15, -0.1) is 11.3 Å². The predicted octanol–water partition coefficient (Wildman–Crippen LogP) is 5.46. The number of ether oxygens (including phenoxy) is 1. The Bertz CT molecular complexity index is 1320. The molecular formula is C21H17ClFN5O3S. The zero-order valence-corrected chi connectivity index (χ0v) is 18.5. The fourth-order valence-electron chi connectivity index (χ4n) is 2.87. The van der Waals surface area contributed by atoms with Crippen LogP contribution in [0.5, 0.6) is 0 Å². The van der Waals surface area contributed by atoms with Crippen LogP contribution in [-0.2, 0) is 4.74 Å². The average Bonchev–Trinajstić information content (AvgIpc) is 3.34. The van der Waals surface area contributed by atoms with Crippen LogP contribution >= 0.6 is 22.9 Å². The molecule has 0 aliphatic carbocycles. The summed E-state index contributed by atoms with van der Waals surface area (Å²) in [6.45, 7) is 3.48. The first-order valence-corrected chi connectivity index (χ1v) is 10.7. The standard InChI is InChI=1S/C21H17ClFN5O3S/c1-11(2)31-21(30)26-13-8-24-20-27-16(10-28(20)9-13)14-7-12(3-4-15(14)23)25-19(29)17-5-6-18(22)32-17/h3-11H,1-2H3,(H,25,29)(H,26,30). The molecule has 32 heavy (non-hydrogen) atoms. The molecule has 0 radical (unpaired) electrons. The molecule has 4 aromatic rings. The van der Waals surface area contributed by atoms with E-state index in [1.807, 2.05) is 0 Å². The first-order valence-electron chi connectivity index (χ1n) is 9.47. The second kappa shape index (κ2) is 8.93. The molecular weight excluding hydrogens is 457 g/mol. The van der Waals surface area contributed by atoms with Crippen LogP contribution in [0.3, 0.4) is 0 Å². The van der Waals surface area contributed by atoms with Gasteiger partial charge in [-0.1, -0.05) is 11.6 Å². The van der Waals surface area contributed by atoms with Gasteiger partial charge in [0.05, 0.1) is 32.9 Å². The molecule has 0 saturated carbocycles. The maximum absolute atomic E-state index is 14.5. The number of rotatable bonds is 5. The Morgan fingerprint density at radius 2 is 1.97 bits per heavy atom. The second-order valence-corrected chi connectivity index (χ2v) is 8.72. The maximum atomic E-state index is 14.5. The third kappa shape index (κ3) is 4.87. The number of nitrogens with zero attached hydrogens (tertiary/aromatic N) is 3. The molecule has 0 unspecified atom stereocenters.